The zero-order valence-electron chi connectivity index (χ0n) is 16.2. The van der Waals surface area contributed by atoms with Crippen molar-refractivity contribution < 1.29 is 4.21 Å². The van der Waals surface area contributed by atoms with Gasteiger partial charge >= 0.3 is 0 Å². The van der Waals surface area contributed by atoms with Crippen molar-refractivity contribution in [2.45, 2.75) is 70.6 Å². The van der Waals surface area contributed by atoms with Gasteiger partial charge in [0, 0.05) is 46.6 Å². The number of aryl methyl sites for hydroxylation is 2. The third kappa shape index (κ3) is 7.54. The van der Waals surface area contributed by atoms with Crippen molar-refractivity contribution in [1.29, 1.82) is 0 Å². The molecule has 0 saturated heterocycles. The van der Waals surface area contributed by atoms with E-state index in [2.05, 4.69) is 34.7 Å². The Morgan fingerprint density at radius 2 is 2.23 bits per heavy atom. The molecule has 26 heavy (non-hydrogen) atoms. The molecule has 0 amide bonds. The molecular formula is C18H34IN5OS. The van der Waals surface area contributed by atoms with Gasteiger partial charge < -0.3 is 10.6 Å². The highest BCUT2D eigenvalue weighted by Gasteiger charge is 2.25. The quantitative estimate of drug-likeness (QED) is 0.224. The SMILES string of the molecule is CCNC(=NCCCc1cn[nH]c1C)NC1CCCC(S(=O)CC)C1.I. The summed E-state index contributed by atoms with van der Waals surface area (Å²) in [5, 5.41) is 14.3. The van der Waals surface area contributed by atoms with Crippen LogP contribution >= 0.6 is 24.0 Å². The molecule has 8 heteroatoms. The van der Waals surface area contributed by atoms with Gasteiger partial charge in [-0.2, -0.15) is 5.10 Å². The molecular weight excluding hydrogens is 461 g/mol. The maximum Gasteiger partial charge on any atom is 0.191 e. The van der Waals surface area contributed by atoms with Gasteiger partial charge in [0.25, 0.3) is 0 Å². The van der Waals surface area contributed by atoms with Crippen LogP contribution in [0.4, 0.5) is 0 Å². The van der Waals surface area contributed by atoms with Gasteiger partial charge in [0.05, 0.1) is 6.20 Å². The van der Waals surface area contributed by atoms with E-state index in [0.29, 0.717) is 11.3 Å². The number of nitrogens with one attached hydrogen (secondary N) is 3. The Bertz CT molecular complexity index is 578. The molecule has 1 fully saturated rings. The number of hydrogen-bond donors (Lipinski definition) is 3. The number of nitrogens with zero attached hydrogens (tertiary/aromatic N) is 2. The molecule has 3 N–H and O–H groups in total. The van der Waals surface area contributed by atoms with Crippen LogP contribution in [0.1, 0.15) is 57.2 Å². The van der Waals surface area contributed by atoms with Crippen LogP contribution in [0, 0.1) is 6.92 Å². The van der Waals surface area contributed by atoms with E-state index in [9.17, 15) is 4.21 Å². The molecule has 0 aliphatic heterocycles. The summed E-state index contributed by atoms with van der Waals surface area (Å²) in [6.07, 6.45) is 8.26. The number of aliphatic imine (C=N–C) groups is 1. The van der Waals surface area contributed by atoms with Crippen LogP contribution in [0.15, 0.2) is 11.2 Å². The molecule has 3 unspecified atom stereocenters. The number of guanidine groups is 1. The van der Waals surface area contributed by atoms with Crippen molar-refractivity contribution in [2.75, 3.05) is 18.8 Å². The molecule has 3 atom stereocenters. The van der Waals surface area contributed by atoms with Crippen LogP contribution in [0.25, 0.3) is 0 Å². The number of halogens is 1. The van der Waals surface area contributed by atoms with Crippen molar-refractivity contribution in [3.05, 3.63) is 17.5 Å². The van der Waals surface area contributed by atoms with Gasteiger partial charge in [-0.25, -0.2) is 0 Å². The second-order valence-electron chi connectivity index (χ2n) is 6.68. The Morgan fingerprint density at radius 1 is 1.42 bits per heavy atom. The van der Waals surface area contributed by atoms with Crippen LogP contribution < -0.4 is 10.6 Å². The number of H-pyrrole nitrogens is 1. The lowest BCUT2D eigenvalue weighted by atomic mass is 9.95. The minimum absolute atomic E-state index is 0. The van der Waals surface area contributed by atoms with E-state index in [0.717, 1.165) is 69.0 Å². The molecule has 1 aromatic rings. The number of aromatic nitrogens is 2. The summed E-state index contributed by atoms with van der Waals surface area (Å²) in [7, 11) is -0.688. The van der Waals surface area contributed by atoms with Crippen LogP contribution in [0.3, 0.4) is 0 Å². The van der Waals surface area contributed by atoms with Crippen LogP contribution in [0.5, 0.6) is 0 Å². The van der Waals surface area contributed by atoms with E-state index in [4.69, 9.17) is 4.99 Å². The number of aromatic amines is 1. The molecule has 1 aromatic heterocycles. The zero-order valence-corrected chi connectivity index (χ0v) is 19.4. The van der Waals surface area contributed by atoms with E-state index < -0.39 is 10.8 Å². The van der Waals surface area contributed by atoms with Gasteiger partial charge in [0.2, 0.25) is 0 Å². The van der Waals surface area contributed by atoms with Gasteiger partial charge in [-0.1, -0.05) is 13.3 Å². The van der Waals surface area contributed by atoms with Gasteiger partial charge in [-0.05, 0) is 51.5 Å². The molecule has 0 spiro atoms. The maximum atomic E-state index is 12.1. The molecule has 0 bridgehead atoms. The standard InChI is InChI=1S/C18H33N5OS.HI/c1-4-19-18(20-11-7-8-15-13-21-23-14(15)3)22-16-9-6-10-17(12-16)25(24)5-2;/h13,16-17H,4-12H2,1-3H3,(H,21,23)(H2,19,20,22);1H. The van der Waals surface area contributed by atoms with E-state index in [-0.39, 0.29) is 24.0 Å². The first-order valence-corrected chi connectivity index (χ1v) is 10.9. The Balaban J connectivity index is 0.00000338. The zero-order chi connectivity index (χ0) is 18.1. The fraction of sp³-hybridized carbons (Fsp3) is 0.778. The maximum absolute atomic E-state index is 12.1. The van der Waals surface area contributed by atoms with Crippen molar-refractivity contribution in [2.24, 2.45) is 4.99 Å². The molecule has 0 aromatic carbocycles. The molecule has 1 saturated carbocycles. The Labute approximate surface area is 177 Å². The van der Waals surface area contributed by atoms with Crippen LogP contribution in [-0.2, 0) is 17.2 Å². The predicted molar refractivity (Wildman–Crippen MR) is 121 cm³/mol. The predicted octanol–water partition coefficient (Wildman–Crippen LogP) is 2.90. The van der Waals surface area contributed by atoms with Crippen molar-refractivity contribution in [3.63, 3.8) is 0 Å². The second-order valence-corrected chi connectivity index (χ2v) is 8.69. The molecule has 1 aliphatic rings. The highest BCUT2D eigenvalue weighted by Crippen LogP contribution is 2.23. The van der Waals surface area contributed by atoms with E-state index in [1.165, 1.54) is 5.56 Å². The van der Waals surface area contributed by atoms with Crippen LogP contribution in [0.2, 0.25) is 0 Å². The van der Waals surface area contributed by atoms with E-state index in [1.54, 1.807) is 0 Å². The van der Waals surface area contributed by atoms with Crippen molar-refractivity contribution >= 4 is 40.7 Å². The first kappa shape index (κ1) is 23.4. The average molecular weight is 495 g/mol. The third-order valence-corrected chi connectivity index (χ3v) is 6.52. The first-order chi connectivity index (χ1) is 12.1. The van der Waals surface area contributed by atoms with Gasteiger partial charge in [-0.15, -0.1) is 24.0 Å². The van der Waals surface area contributed by atoms with E-state index in [1.807, 2.05) is 13.1 Å². The number of hydrogen-bond acceptors (Lipinski definition) is 3. The summed E-state index contributed by atoms with van der Waals surface area (Å²) in [5.74, 6) is 1.65. The summed E-state index contributed by atoms with van der Waals surface area (Å²) in [6.45, 7) is 7.79. The molecule has 150 valence electrons. The summed E-state index contributed by atoms with van der Waals surface area (Å²) in [5.41, 5.74) is 2.41. The number of rotatable bonds is 8. The largest absolute Gasteiger partial charge is 0.357 e. The molecule has 1 heterocycles. The minimum Gasteiger partial charge on any atom is -0.357 e. The average Bonchev–Trinajstić information content (AvgIpc) is 3.03. The smallest absolute Gasteiger partial charge is 0.191 e. The van der Waals surface area contributed by atoms with Gasteiger partial charge in [-0.3, -0.25) is 14.3 Å². The summed E-state index contributed by atoms with van der Waals surface area (Å²) >= 11 is 0. The minimum atomic E-state index is -0.688. The fourth-order valence-corrected chi connectivity index (χ4v) is 4.70. The highest BCUT2D eigenvalue weighted by molar-refractivity contribution is 14.0. The summed E-state index contributed by atoms with van der Waals surface area (Å²) < 4.78 is 12.1. The Kier molecular flexibility index (Phi) is 11.4. The summed E-state index contributed by atoms with van der Waals surface area (Å²) in [6, 6.07) is 0.378. The van der Waals surface area contributed by atoms with Crippen molar-refractivity contribution in [3.8, 4) is 0 Å². The van der Waals surface area contributed by atoms with Gasteiger partial charge in [0.15, 0.2) is 5.96 Å². The molecule has 1 aliphatic carbocycles. The van der Waals surface area contributed by atoms with Crippen LogP contribution in [-0.4, -0.2) is 50.5 Å². The fourth-order valence-electron chi connectivity index (χ4n) is 3.35. The third-order valence-electron chi connectivity index (χ3n) is 4.78. The first-order valence-electron chi connectivity index (χ1n) is 9.54. The Hall–Kier alpha value is -0.640. The molecule has 2 rings (SSSR count). The second kappa shape index (κ2) is 12.7. The lowest BCUT2D eigenvalue weighted by Crippen LogP contribution is -2.46. The summed E-state index contributed by atoms with van der Waals surface area (Å²) in [4.78, 5) is 4.71. The van der Waals surface area contributed by atoms with Gasteiger partial charge in [0.1, 0.15) is 0 Å². The molecule has 6 nitrogen and oxygen atoms in total. The lowest BCUT2D eigenvalue weighted by molar-refractivity contribution is 0.413. The topological polar surface area (TPSA) is 82.2 Å². The van der Waals surface area contributed by atoms with E-state index >= 15 is 0 Å². The monoisotopic (exact) mass is 495 g/mol. The normalized spacial score (nSPS) is 21.7. The Morgan fingerprint density at radius 3 is 2.88 bits per heavy atom. The lowest BCUT2D eigenvalue weighted by Gasteiger charge is -2.30. The molecule has 0 radical (unpaired) electrons. The van der Waals surface area contributed by atoms with Crippen molar-refractivity contribution in [1.82, 2.24) is 20.8 Å². The highest BCUT2D eigenvalue weighted by atomic mass is 127.